The van der Waals surface area contributed by atoms with Crippen LogP contribution in [0.5, 0.6) is 0 Å². The second-order valence-corrected chi connectivity index (χ2v) is 4.62. The molecular formula is C19H38O2. The minimum atomic E-state index is 0. The largest absolute Gasteiger partial charge is 0.468 e. The third kappa shape index (κ3) is 32.3. The molecule has 0 heterocycles. The highest BCUT2D eigenvalue weighted by molar-refractivity contribution is 5.36. The van der Waals surface area contributed by atoms with Crippen LogP contribution in [0, 0.1) is 12.8 Å². The maximum Gasteiger partial charge on any atom is 0.293 e. The summed E-state index contributed by atoms with van der Waals surface area (Å²) in [5.41, 5.74) is 2.76. The van der Waals surface area contributed by atoms with Gasteiger partial charge in [-0.3, -0.25) is 4.79 Å². The summed E-state index contributed by atoms with van der Waals surface area (Å²) in [7, 11) is 0. The van der Waals surface area contributed by atoms with Crippen molar-refractivity contribution in [2.24, 2.45) is 5.92 Å². The van der Waals surface area contributed by atoms with E-state index >= 15 is 0 Å². The van der Waals surface area contributed by atoms with Crippen LogP contribution in [-0.2, 0) is 16.0 Å². The van der Waals surface area contributed by atoms with Gasteiger partial charge in [0.05, 0.1) is 6.61 Å². The summed E-state index contributed by atoms with van der Waals surface area (Å²) in [6.45, 7) is 17.4. The zero-order chi connectivity index (χ0) is 16.4. The van der Waals surface area contributed by atoms with Gasteiger partial charge >= 0.3 is 0 Å². The fraction of sp³-hybridized carbons (Fsp3) is 0.632. The first-order valence-electron chi connectivity index (χ1n) is 7.58. The summed E-state index contributed by atoms with van der Waals surface area (Å²) in [4.78, 5) is 9.18. The van der Waals surface area contributed by atoms with Crippen LogP contribution >= 0.6 is 0 Å². The molecule has 0 saturated carbocycles. The van der Waals surface area contributed by atoms with Crippen LogP contribution < -0.4 is 0 Å². The first-order chi connectivity index (χ1) is 9.47. The molecular weight excluding hydrogens is 260 g/mol. The van der Waals surface area contributed by atoms with Crippen LogP contribution in [0.4, 0.5) is 0 Å². The topological polar surface area (TPSA) is 26.3 Å². The molecule has 126 valence electrons. The van der Waals surface area contributed by atoms with Crippen molar-refractivity contribution in [2.45, 2.75) is 69.2 Å². The average molecular weight is 299 g/mol. The maximum atomic E-state index is 9.18. The normalized spacial score (nSPS) is 7.67. The number of aryl methyl sites for hydroxylation is 2. The summed E-state index contributed by atoms with van der Waals surface area (Å²) in [6.07, 6.45) is 1.14. The van der Waals surface area contributed by atoms with E-state index in [-0.39, 0.29) is 7.43 Å². The Kier molecular flexibility index (Phi) is 31.6. The van der Waals surface area contributed by atoms with Gasteiger partial charge in [0.1, 0.15) is 0 Å². The molecule has 2 nitrogen and oxygen atoms in total. The third-order valence-electron chi connectivity index (χ3n) is 1.76. The lowest BCUT2D eigenvalue weighted by molar-refractivity contribution is -0.128. The second-order valence-electron chi connectivity index (χ2n) is 4.62. The number of carbonyl (C=O) groups excluding carboxylic acids is 1. The molecule has 0 aliphatic rings. The van der Waals surface area contributed by atoms with Gasteiger partial charge in [0, 0.05) is 0 Å². The fourth-order valence-corrected chi connectivity index (χ4v) is 0.892. The van der Waals surface area contributed by atoms with E-state index in [1.54, 1.807) is 6.92 Å². The minimum absolute atomic E-state index is 0. The molecule has 1 aromatic carbocycles. The number of benzene rings is 1. The van der Waals surface area contributed by atoms with Gasteiger partial charge in [-0.15, -0.1) is 0 Å². The van der Waals surface area contributed by atoms with Gasteiger partial charge in [-0.1, -0.05) is 78.8 Å². The molecule has 1 aromatic rings. The van der Waals surface area contributed by atoms with Gasteiger partial charge < -0.3 is 4.74 Å². The Bertz CT molecular complexity index is 273. The van der Waals surface area contributed by atoms with Crippen molar-refractivity contribution in [3.63, 3.8) is 0 Å². The van der Waals surface area contributed by atoms with Crippen molar-refractivity contribution in [3.8, 4) is 0 Å². The van der Waals surface area contributed by atoms with Crippen molar-refractivity contribution in [1.29, 1.82) is 0 Å². The molecule has 0 aromatic heterocycles. The Morgan fingerprint density at radius 1 is 1.05 bits per heavy atom. The van der Waals surface area contributed by atoms with Crippen LogP contribution in [0.25, 0.3) is 0 Å². The number of hydrogen-bond donors (Lipinski definition) is 0. The average Bonchev–Trinajstić information content (AvgIpc) is 2.43. The van der Waals surface area contributed by atoms with Gasteiger partial charge in [0.2, 0.25) is 0 Å². The molecule has 0 radical (unpaired) electrons. The van der Waals surface area contributed by atoms with Crippen molar-refractivity contribution in [3.05, 3.63) is 35.4 Å². The summed E-state index contributed by atoms with van der Waals surface area (Å²) in [5, 5.41) is 0. The van der Waals surface area contributed by atoms with E-state index in [1.165, 1.54) is 11.1 Å². The number of rotatable bonds is 3. The summed E-state index contributed by atoms with van der Waals surface area (Å²) >= 11 is 0. The van der Waals surface area contributed by atoms with E-state index in [2.05, 4.69) is 63.6 Å². The monoisotopic (exact) mass is 298 g/mol. The Balaban J connectivity index is -0.000000104. The van der Waals surface area contributed by atoms with E-state index in [0.29, 0.717) is 13.1 Å². The van der Waals surface area contributed by atoms with E-state index in [1.807, 2.05) is 13.8 Å². The van der Waals surface area contributed by atoms with E-state index < -0.39 is 0 Å². The lowest BCUT2D eigenvalue weighted by Crippen LogP contribution is -1.80. The lowest BCUT2D eigenvalue weighted by Gasteiger charge is -1.94. The molecule has 1 rings (SSSR count). The molecule has 0 N–H and O–H groups in total. The quantitative estimate of drug-likeness (QED) is 0.634. The standard InChI is InChI=1S/C9H12.C4H10.C3H6O2.C2H6.CH4/c1-3-9-6-4-8(2)5-7-9;1-4(2)3;1-2-5-3-4;1-2;/h4-7H,3H2,1-2H3;4H,1-3H3;3H,2H2,1H3;1-2H3;1H4. The van der Waals surface area contributed by atoms with Crippen molar-refractivity contribution in [1.82, 2.24) is 0 Å². The molecule has 2 heteroatoms. The van der Waals surface area contributed by atoms with E-state index in [0.717, 1.165) is 12.3 Å². The molecule has 0 atom stereocenters. The molecule has 0 unspecified atom stereocenters. The van der Waals surface area contributed by atoms with Crippen molar-refractivity contribution >= 4 is 6.47 Å². The predicted octanol–water partition coefficient (Wildman–Crippen LogP) is 6.06. The Morgan fingerprint density at radius 3 is 1.62 bits per heavy atom. The molecule has 0 aliphatic heterocycles. The SMILES string of the molecule is C.CC.CC(C)C.CCOC=O.CCc1ccc(C)cc1. The van der Waals surface area contributed by atoms with E-state index in [4.69, 9.17) is 0 Å². The van der Waals surface area contributed by atoms with E-state index in [9.17, 15) is 4.79 Å². The van der Waals surface area contributed by atoms with Gasteiger partial charge in [0.15, 0.2) is 0 Å². The molecule has 0 bridgehead atoms. The van der Waals surface area contributed by atoms with Gasteiger partial charge in [-0.2, -0.15) is 0 Å². The van der Waals surface area contributed by atoms with Crippen LogP contribution in [0.3, 0.4) is 0 Å². The maximum absolute atomic E-state index is 9.18. The molecule has 0 aliphatic carbocycles. The van der Waals surface area contributed by atoms with Crippen molar-refractivity contribution in [2.75, 3.05) is 6.61 Å². The Hall–Kier alpha value is -1.31. The van der Waals surface area contributed by atoms with Crippen LogP contribution in [-0.4, -0.2) is 13.1 Å². The zero-order valence-electron chi connectivity index (χ0n) is 14.7. The second kappa shape index (κ2) is 23.8. The summed E-state index contributed by atoms with van der Waals surface area (Å²) in [5.74, 6) is 0.833. The van der Waals surface area contributed by atoms with Crippen molar-refractivity contribution < 1.29 is 9.53 Å². The smallest absolute Gasteiger partial charge is 0.293 e. The summed E-state index contributed by atoms with van der Waals surface area (Å²) in [6, 6.07) is 8.66. The Morgan fingerprint density at radius 2 is 1.43 bits per heavy atom. The molecule has 21 heavy (non-hydrogen) atoms. The number of hydrogen-bond acceptors (Lipinski definition) is 2. The zero-order valence-corrected chi connectivity index (χ0v) is 14.7. The fourth-order valence-electron chi connectivity index (χ4n) is 0.892. The van der Waals surface area contributed by atoms with Crippen LogP contribution in [0.2, 0.25) is 0 Å². The molecule has 0 spiro atoms. The first-order valence-corrected chi connectivity index (χ1v) is 7.58. The highest BCUT2D eigenvalue weighted by atomic mass is 16.5. The molecule has 0 fully saturated rings. The van der Waals surface area contributed by atoms with Crippen LogP contribution in [0.15, 0.2) is 24.3 Å². The van der Waals surface area contributed by atoms with Gasteiger partial charge in [-0.25, -0.2) is 0 Å². The first kappa shape index (κ1) is 27.9. The Labute approximate surface area is 133 Å². The summed E-state index contributed by atoms with van der Waals surface area (Å²) < 4.78 is 4.15. The highest BCUT2D eigenvalue weighted by Gasteiger charge is 1.84. The lowest BCUT2D eigenvalue weighted by atomic mass is 10.1. The number of carbonyl (C=O) groups is 1. The van der Waals surface area contributed by atoms with Gasteiger partial charge in [0.25, 0.3) is 6.47 Å². The minimum Gasteiger partial charge on any atom is -0.468 e. The third-order valence-corrected chi connectivity index (χ3v) is 1.76. The van der Waals surface area contributed by atoms with Crippen LogP contribution in [0.1, 0.15) is 67.0 Å². The number of ether oxygens (including phenoxy) is 1. The molecule has 0 saturated heterocycles. The molecule has 0 amide bonds. The van der Waals surface area contributed by atoms with Gasteiger partial charge in [-0.05, 0) is 31.7 Å². The highest BCUT2D eigenvalue weighted by Crippen LogP contribution is 2.02. The predicted molar refractivity (Wildman–Crippen MR) is 96.8 cm³/mol.